The van der Waals surface area contributed by atoms with Gasteiger partial charge in [0.25, 0.3) is 0 Å². The average Bonchev–Trinajstić information content (AvgIpc) is 3.55. The Bertz CT molecular complexity index is 1290. The van der Waals surface area contributed by atoms with Gasteiger partial charge in [0.1, 0.15) is 0 Å². The maximum atomic E-state index is 9.10. The molecule has 184 valence electrons. The van der Waals surface area contributed by atoms with Crippen LogP contribution < -0.4 is 4.90 Å². The molecule has 0 atom stereocenters. The molecule has 0 bridgehead atoms. The number of aliphatic hydroxyl groups excluding tert-OH is 1. The Morgan fingerprint density at radius 1 is 1.00 bits per heavy atom. The highest BCUT2D eigenvalue weighted by molar-refractivity contribution is 7.19. The van der Waals surface area contributed by atoms with Gasteiger partial charge in [0.2, 0.25) is 0 Å². The number of morpholine rings is 1. The number of rotatable bonds is 7. The molecule has 0 aliphatic carbocycles. The number of aromatic nitrogens is 3. The van der Waals surface area contributed by atoms with Gasteiger partial charge in [0.05, 0.1) is 23.4 Å². The zero-order valence-corrected chi connectivity index (χ0v) is 20.8. The van der Waals surface area contributed by atoms with Crippen molar-refractivity contribution in [3.8, 4) is 11.4 Å². The molecule has 2 aliphatic heterocycles. The van der Waals surface area contributed by atoms with Crippen molar-refractivity contribution in [2.45, 2.75) is 13.0 Å². The third-order valence-corrected chi connectivity index (χ3v) is 8.13. The molecule has 0 unspecified atom stereocenters. The Kier molecular flexibility index (Phi) is 6.67. The number of thiophene rings is 1. The van der Waals surface area contributed by atoms with Crippen molar-refractivity contribution >= 4 is 38.3 Å². The second-order valence-electron chi connectivity index (χ2n) is 9.34. The smallest absolute Gasteiger partial charge is 0.162 e. The number of piperazine rings is 1. The first-order valence-electron chi connectivity index (χ1n) is 12.5. The Morgan fingerprint density at radius 3 is 2.66 bits per heavy atom. The first-order chi connectivity index (χ1) is 17.3. The topological polar surface area (TPSA) is 80.8 Å². The van der Waals surface area contributed by atoms with Crippen LogP contribution in [0.4, 0.5) is 5.82 Å². The Balaban J connectivity index is 1.32. The Hall–Kier alpha value is -2.56. The first-order valence-corrected chi connectivity index (χ1v) is 13.4. The fourth-order valence-electron chi connectivity index (χ4n) is 5.12. The minimum absolute atomic E-state index is 0.273. The van der Waals surface area contributed by atoms with Gasteiger partial charge in [-0.2, -0.15) is 0 Å². The van der Waals surface area contributed by atoms with Gasteiger partial charge in [0.15, 0.2) is 11.6 Å². The molecule has 0 amide bonds. The molecular weight excluding hydrogens is 460 g/mol. The van der Waals surface area contributed by atoms with Crippen molar-refractivity contribution in [2.75, 3.05) is 70.5 Å². The molecule has 4 aromatic rings. The van der Waals surface area contributed by atoms with E-state index >= 15 is 0 Å². The summed E-state index contributed by atoms with van der Waals surface area (Å²) in [4.78, 5) is 22.2. The van der Waals surface area contributed by atoms with Crippen LogP contribution in [0, 0.1) is 0 Å². The lowest BCUT2D eigenvalue weighted by molar-refractivity contribution is 0.120. The standard InChI is InChI=1S/C26H32N6O2S/c33-14-2-7-30-8-10-31(11-9-30)18-19-17-23-24(35-19)26(32-12-15-34-16-13-32)29-25(28-23)21-3-1-4-22-20(21)5-6-27-22/h1,3-6,17,27,33H,2,7-16,18H2. The quantitative estimate of drug-likeness (QED) is 0.410. The van der Waals surface area contributed by atoms with Crippen molar-refractivity contribution in [2.24, 2.45) is 0 Å². The molecule has 6 rings (SSSR count). The van der Waals surface area contributed by atoms with E-state index in [1.54, 1.807) is 0 Å². The van der Waals surface area contributed by atoms with E-state index in [-0.39, 0.29) is 6.61 Å². The van der Waals surface area contributed by atoms with Gasteiger partial charge < -0.3 is 24.6 Å². The molecule has 2 fully saturated rings. The van der Waals surface area contributed by atoms with E-state index in [0.717, 1.165) is 106 Å². The first kappa shape index (κ1) is 22.9. The van der Waals surface area contributed by atoms with E-state index in [1.165, 1.54) is 9.58 Å². The van der Waals surface area contributed by atoms with Crippen LogP contribution in [0.1, 0.15) is 11.3 Å². The highest BCUT2D eigenvalue weighted by Gasteiger charge is 2.22. The Labute approximate surface area is 209 Å². The number of anilines is 1. The van der Waals surface area contributed by atoms with Gasteiger partial charge in [-0.15, -0.1) is 11.3 Å². The molecular formula is C26H32N6O2S. The number of hydrogen-bond acceptors (Lipinski definition) is 8. The number of nitrogens with zero attached hydrogens (tertiary/aromatic N) is 5. The normalized spacial score (nSPS) is 18.1. The number of ether oxygens (including phenoxy) is 1. The van der Waals surface area contributed by atoms with Gasteiger partial charge >= 0.3 is 0 Å². The number of aromatic amines is 1. The average molecular weight is 493 g/mol. The molecule has 3 aromatic heterocycles. The van der Waals surface area contributed by atoms with Crippen molar-refractivity contribution < 1.29 is 9.84 Å². The van der Waals surface area contributed by atoms with Crippen LogP contribution in [-0.2, 0) is 11.3 Å². The number of nitrogens with one attached hydrogen (secondary N) is 1. The van der Waals surface area contributed by atoms with Crippen molar-refractivity contribution in [3.05, 3.63) is 41.4 Å². The second kappa shape index (κ2) is 10.2. The van der Waals surface area contributed by atoms with Gasteiger partial charge in [-0.25, -0.2) is 9.97 Å². The van der Waals surface area contributed by atoms with Crippen LogP contribution in [0.5, 0.6) is 0 Å². The van der Waals surface area contributed by atoms with Gasteiger partial charge in [-0.3, -0.25) is 4.90 Å². The van der Waals surface area contributed by atoms with E-state index in [1.807, 2.05) is 17.5 Å². The van der Waals surface area contributed by atoms with E-state index < -0.39 is 0 Å². The fourth-order valence-corrected chi connectivity index (χ4v) is 6.27. The van der Waals surface area contributed by atoms with Crippen LogP contribution in [0.2, 0.25) is 0 Å². The lowest BCUT2D eigenvalue weighted by Crippen LogP contribution is -2.46. The molecule has 0 saturated carbocycles. The van der Waals surface area contributed by atoms with E-state index in [0.29, 0.717) is 0 Å². The summed E-state index contributed by atoms with van der Waals surface area (Å²) in [6, 6.07) is 10.6. The predicted molar refractivity (Wildman–Crippen MR) is 141 cm³/mol. The summed E-state index contributed by atoms with van der Waals surface area (Å²) in [6.07, 6.45) is 2.83. The maximum Gasteiger partial charge on any atom is 0.162 e. The molecule has 2 saturated heterocycles. The number of hydrogen-bond donors (Lipinski definition) is 2. The van der Waals surface area contributed by atoms with E-state index in [4.69, 9.17) is 19.8 Å². The largest absolute Gasteiger partial charge is 0.396 e. The molecule has 0 radical (unpaired) electrons. The fraction of sp³-hybridized carbons (Fsp3) is 0.462. The van der Waals surface area contributed by atoms with Crippen molar-refractivity contribution in [1.82, 2.24) is 24.8 Å². The summed E-state index contributed by atoms with van der Waals surface area (Å²) in [6.45, 7) is 9.61. The number of aliphatic hydroxyl groups is 1. The summed E-state index contributed by atoms with van der Waals surface area (Å²) in [7, 11) is 0. The predicted octanol–water partition coefficient (Wildman–Crippen LogP) is 3.18. The highest BCUT2D eigenvalue weighted by atomic mass is 32.1. The van der Waals surface area contributed by atoms with Crippen LogP contribution in [-0.4, -0.2) is 95.5 Å². The zero-order valence-electron chi connectivity index (χ0n) is 19.9. The summed E-state index contributed by atoms with van der Waals surface area (Å²) >= 11 is 1.83. The number of benzene rings is 1. The molecule has 35 heavy (non-hydrogen) atoms. The van der Waals surface area contributed by atoms with Crippen molar-refractivity contribution in [1.29, 1.82) is 0 Å². The molecule has 5 heterocycles. The monoisotopic (exact) mass is 492 g/mol. The molecule has 1 aromatic carbocycles. The lowest BCUT2D eigenvalue weighted by atomic mass is 10.1. The third-order valence-electron chi connectivity index (χ3n) is 7.03. The summed E-state index contributed by atoms with van der Waals surface area (Å²) in [5, 5.41) is 10.3. The molecule has 2 aliphatic rings. The van der Waals surface area contributed by atoms with Crippen LogP contribution >= 0.6 is 11.3 Å². The molecule has 8 nitrogen and oxygen atoms in total. The molecule has 2 N–H and O–H groups in total. The highest BCUT2D eigenvalue weighted by Crippen LogP contribution is 2.36. The second-order valence-corrected chi connectivity index (χ2v) is 10.5. The number of H-pyrrole nitrogens is 1. The third kappa shape index (κ3) is 4.79. The minimum atomic E-state index is 0.273. The maximum absolute atomic E-state index is 9.10. The van der Waals surface area contributed by atoms with Crippen LogP contribution in [0.15, 0.2) is 36.5 Å². The van der Waals surface area contributed by atoms with Crippen LogP contribution in [0.25, 0.3) is 32.5 Å². The van der Waals surface area contributed by atoms with Gasteiger partial charge in [-0.05, 0) is 24.6 Å². The summed E-state index contributed by atoms with van der Waals surface area (Å²) < 4.78 is 6.80. The zero-order chi connectivity index (χ0) is 23.6. The molecule has 9 heteroatoms. The SMILES string of the molecule is OCCCN1CCN(Cc2cc3nc(-c4cccc5[nH]ccc45)nc(N4CCOCC4)c3s2)CC1. The minimum Gasteiger partial charge on any atom is -0.396 e. The number of fused-ring (bicyclic) bond motifs is 2. The molecule has 0 spiro atoms. The Morgan fingerprint density at radius 2 is 1.83 bits per heavy atom. The van der Waals surface area contributed by atoms with E-state index in [9.17, 15) is 0 Å². The van der Waals surface area contributed by atoms with Gasteiger partial charge in [0, 0.05) is 86.5 Å². The lowest BCUT2D eigenvalue weighted by Gasteiger charge is -2.34. The summed E-state index contributed by atoms with van der Waals surface area (Å²) in [5.41, 5.74) is 3.20. The van der Waals surface area contributed by atoms with E-state index in [2.05, 4.69) is 50.0 Å². The van der Waals surface area contributed by atoms with Crippen LogP contribution in [0.3, 0.4) is 0 Å². The van der Waals surface area contributed by atoms with Gasteiger partial charge in [-0.1, -0.05) is 12.1 Å². The summed E-state index contributed by atoms with van der Waals surface area (Å²) in [5.74, 6) is 1.82. The van der Waals surface area contributed by atoms with Crippen molar-refractivity contribution in [3.63, 3.8) is 0 Å².